The van der Waals surface area contributed by atoms with Gasteiger partial charge >= 0.3 is 0 Å². The van der Waals surface area contributed by atoms with E-state index < -0.39 is 0 Å². The van der Waals surface area contributed by atoms with Gasteiger partial charge in [0.2, 0.25) is 0 Å². The average Bonchev–Trinajstić information content (AvgIpc) is 2.78. The lowest BCUT2D eigenvalue weighted by Crippen LogP contribution is -2.02. The summed E-state index contributed by atoms with van der Waals surface area (Å²) >= 11 is 0. The third-order valence-electron chi connectivity index (χ3n) is 3.97. The van der Waals surface area contributed by atoms with Crippen molar-refractivity contribution in [2.24, 2.45) is 0 Å². The van der Waals surface area contributed by atoms with Crippen LogP contribution in [-0.4, -0.2) is 5.78 Å². The SMILES string of the molecule is Cc1cc(C)cc(C2=CC=C(c3cc(C)cc(C)c3)C2=O)c1. The number of Topliss-reactive ketones (excluding diaryl/α,β-unsaturated/α-hetero) is 1. The Labute approximate surface area is 132 Å². The first-order valence-corrected chi connectivity index (χ1v) is 7.58. The van der Waals surface area contributed by atoms with Gasteiger partial charge in [0.1, 0.15) is 0 Å². The van der Waals surface area contributed by atoms with Crippen molar-refractivity contribution in [2.75, 3.05) is 0 Å². The molecular formula is C21H20O. The number of rotatable bonds is 2. The van der Waals surface area contributed by atoms with Gasteiger partial charge in [-0.25, -0.2) is 0 Å². The highest BCUT2D eigenvalue weighted by Gasteiger charge is 2.22. The van der Waals surface area contributed by atoms with Crippen molar-refractivity contribution in [3.05, 3.63) is 81.9 Å². The number of benzene rings is 2. The maximum absolute atomic E-state index is 12.8. The molecule has 2 aromatic rings. The van der Waals surface area contributed by atoms with Crippen molar-refractivity contribution in [2.45, 2.75) is 27.7 Å². The van der Waals surface area contributed by atoms with Crippen LogP contribution in [-0.2, 0) is 4.79 Å². The lowest BCUT2D eigenvalue weighted by molar-refractivity contribution is -0.108. The van der Waals surface area contributed by atoms with E-state index in [1.807, 2.05) is 12.2 Å². The molecule has 0 atom stereocenters. The molecule has 0 saturated carbocycles. The smallest absolute Gasteiger partial charge is 0.194 e. The van der Waals surface area contributed by atoms with E-state index in [1.165, 1.54) is 22.3 Å². The van der Waals surface area contributed by atoms with Crippen LogP contribution in [0.1, 0.15) is 33.4 Å². The average molecular weight is 288 g/mol. The van der Waals surface area contributed by atoms with E-state index in [4.69, 9.17) is 0 Å². The van der Waals surface area contributed by atoms with E-state index in [9.17, 15) is 4.79 Å². The fraction of sp³-hybridized carbons (Fsp3) is 0.190. The zero-order valence-electron chi connectivity index (χ0n) is 13.5. The molecule has 1 nitrogen and oxygen atoms in total. The van der Waals surface area contributed by atoms with Gasteiger partial charge in [-0.1, -0.05) is 58.7 Å². The van der Waals surface area contributed by atoms with Gasteiger partial charge in [0.25, 0.3) is 0 Å². The molecule has 0 bridgehead atoms. The minimum Gasteiger partial charge on any atom is -0.289 e. The zero-order valence-corrected chi connectivity index (χ0v) is 13.5. The number of allylic oxidation sites excluding steroid dienone is 4. The van der Waals surface area contributed by atoms with Crippen LogP contribution in [0.2, 0.25) is 0 Å². The Hall–Kier alpha value is -2.41. The highest BCUT2D eigenvalue weighted by atomic mass is 16.1. The molecule has 0 unspecified atom stereocenters. The Morgan fingerprint density at radius 1 is 0.545 bits per heavy atom. The normalized spacial score (nSPS) is 14.1. The summed E-state index contributed by atoms with van der Waals surface area (Å²) in [5.41, 5.74) is 8.34. The minimum atomic E-state index is 0.120. The summed E-state index contributed by atoms with van der Waals surface area (Å²) in [6, 6.07) is 12.6. The predicted molar refractivity (Wildman–Crippen MR) is 92.8 cm³/mol. The summed E-state index contributed by atoms with van der Waals surface area (Å²) in [4.78, 5) is 12.8. The van der Waals surface area contributed by atoms with E-state index in [0.29, 0.717) is 0 Å². The summed E-state index contributed by atoms with van der Waals surface area (Å²) in [7, 11) is 0. The number of aryl methyl sites for hydroxylation is 4. The zero-order chi connectivity index (χ0) is 15.9. The van der Waals surface area contributed by atoms with Gasteiger partial charge in [-0.05, 0) is 51.0 Å². The summed E-state index contributed by atoms with van der Waals surface area (Å²) in [5.74, 6) is 0.120. The molecule has 1 aliphatic carbocycles. The van der Waals surface area contributed by atoms with E-state index in [-0.39, 0.29) is 5.78 Å². The van der Waals surface area contributed by atoms with Crippen molar-refractivity contribution < 1.29 is 4.79 Å². The summed E-state index contributed by atoms with van der Waals surface area (Å²) < 4.78 is 0. The molecule has 0 heterocycles. The fourth-order valence-corrected chi connectivity index (χ4v) is 3.18. The molecule has 0 N–H and O–H groups in total. The molecule has 0 amide bonds. The van der Waals surface area contributed by atoms with Crippen LogP contribution in [0.4, 0.5) is 0 Å². The molecule has 0 spiro atoms. The van der Waals surface area contributed by atoms with Gasteiger partial charge in [-0.15, -0.1) is 0 Å². The van der Waals surface area contributed by atoms with Crippen LogP contribution in [0.15, 0.2) is 48.6 Å². The maximum Gasteiger partial charge on any atom is 0.194 e. The third kappa shape index (κ3) is 2.67. The highest BCUT2D eigenvalue weighted by Crippen LogP contribution is 2.32. The monoisotopic (exact) mass is 288 g/mol. The molecule has 0 aliphatic heterocycles. The first kappa shape index (κ1) is 14.5. The first-order chi connectivity index (χ1) is 10.4. The Balaban J connectivity index is 1.97. The van der Waals surface area contributed by atoms with Crippen molar-refractivity contribution in [3.63, 3.8) is 0 Å². The van der Waals surface area contributed by atoms with Crippen LogP contribution in [0.5, 0.6) is 0 Å². The summed E-state index contributed by atoms with van der Waals surface area (Å²) in [5, 5.41) is 0. The largest absolute Gasteiger partial charge is 0.289 e. The molecule has 0 radical (unpaired) electrons. The Kier molecular flexibility index (Phi) is 3.58. The minimum absolute atomic E-state index is 0.120. The summed E-state index contributed by atoms with van der Waals surface area (Å²) in [6.07, 6.45) is 3.90. The number of hydrogen-bond acceptors (Lipinski definition) is 1. The lowest BCUT2D eigenvalue weighted by atomic mass is 9.94. The van der Waals surface area contributed by atoms with Gasteiger partial charge in [-0.2, -0.15) is 0 Å². The second kappa shape index (κ2) is 5.42. The molecular weight excluding hydrogens is 268 g/mol. The molecule has 0 fully saturated rings. The van der Waals surface area contributed by atoms with Crippen molar-refractivity contribution in [3.8, 4) is 0 Å². The van der Waals surface area contributed by atoms with Gasteiger partial charge < -0.3 is 0 Å². The standard InChI is InChI=1S/C21H20O/c1-13-7-14(2)10-17(9-13)19-5-6-20(21(19)22)18-11-15(3)8-16(4)12-18/h5-12H,1-4H3. The number of carbonyl (C=O) groups excluding carboxylic acids is 1. The van der Waals surface area contributed by atoms with Crippen LogP contribution < -0.4 is 0 Å². The summed E-state index contributed by atoms with van der Waals surface area (Å²) in [6.45, 7) is 8.26. The molecule has 0 saturated heterocycles. The quantitative estimate of drug-likeness (QED) is 0.762. The van der Waals surface area contributed by atoms with Crippen molar-refractivity contribution in [1.82, 2.24) is 0 Å². The van der Waals surface area contributed by atoms with Gasteiger partial charge in [-0.3, -0.25) is 4.79 Å². The highest BCUT2D eigenvalue weighted by molar-refractivity contribution is 6.45. The van der Waals surface area contributed by atoms with Crippen LogP contribution in [0, 0.1) is 27.7 Å². The van der Waals surface area contributed by atoms with Crippen LogP contribution in [0.25, 0.3) is 11.1 Å². The van der Waals surface area contributed by atoms with E-state index in [2.05, 4.69) is 64.1 Å². The predicted octanol–water partition coefficient (Wildman–Crippen LogP) is 4.97. The molecule has 22 heavy (non-hydrogen) atoms. The number of carbonyl (C=O) groups is 1. The van der Waals surface area contributed by atoms with Crippen molar-refractivity contribution in [1.29, 1.82) is 0 Å². The van der Waals surface area contributed by atoms with Gasteiger partial charge in [0, 0.05) is 11.1 Å². The Morgan fingerprint density at radius 2 is 0.864 bits per heavy atom. The number of ketones is 1. The number of hydrogen-bond donors (Lipinski definition) is 0. The molecule has 0 aromatic heterocycles. The fourth-order valence-electron chi connectivity index (χ4n) is 3.18. The van der Waals surface area contributed by atoms with E-state index in [1.54, 1.807) is 0 Å². The second-order valence-electron chi connectivity index (χ2n) is 6.24. The molecule has 1 aliphatic rings. The van der Waals surface area contributed by atoms with Gasteiger partial charge in [0.15, 0.2) is 5.78 Å². The third-order valence-corrected chi connectivity index (χ3v) is 3.97. The van der Waals surface area contributed by atoms with Crippen LogP contribution >= 0.6 is 0 Å². The first-order valence-electron chi connectivity index (χ1n) is 7.58. The molecule has 110 valence electrons. The van der Waals surface area contributed by atoms with Gasteiger partial charge in [0.05, 0.1) is 0 Å². The Morgan fingerprint density at radius 3 is 1.18 bits per heavy atom. The molecule has 3 rings (SSSR count). The van der Waals surface area contributed by atoms with E-state index >= 15 is 0 Å². The van der Waals surface area contributed by atoms with Crippen molar-refractivity contribution >= 4 is 16.9 Å². The maximum atomic E-state index is 12.8. The topological polar surface area (TPSA) is 17.1 Å². The second-order valence-corrected chi connectivity index (χ2v) is 6.24. The Bertz CT molecular complexity index is 725. The molecule has 2 aromatic carbocycles. The van der Waals surface area contributed by atoms with Crippen LogP contribution in [0.3, 0.4) is 0 Å². The molecule has 1 heteroatoms. The van der Waals surface area contributed by atoms with E-state index in [0.717, 1.165) is 22.3 Å². The lowest BCUT2D eigenvalue weighted by Gasteiger charge is -2.09.